The van der Waals surface area contributed by atoms with Crippen LogP contribution in [0.25, 0.3) is 0 Å². The number of hydrogen-bond donors (Lipinski definition) is 0. The number of benzene rings is 2. The van der Waals surface area contributed by atoms with Gasteiger partial charge in [0.2, 0.25) is 5.91 Å². The Morgan fingerprint density at radius 3 is 2.27 bits per heavy atom. The van der Waals surface area contributed by atoms with Crippen LogP contribution in [0.5, 0.6) is 11.5 Å². The zero-order valence-corrected chi connectivity index (χ0v) is 22.9. The summed E-state index contributed by atoms with van der Waals surface area (Å²) in [5.41, 5.74) is 1.61. The third-order valence-corrected chi connectivity index (χ3v) is 7.01. The molecule has 0 N–H and O–H groups in total. The molecule has 0 atom stereocenters. The summed E-state index contributed by atoms with van der Waals surface area (Å²) in [6.45, 7) is 4.03. The second-order valence-electron chi connectivity index (χ2n) is 8.71. The van der Waals surface area contributed by atoms with E-state index in [1.54, 1.807) is 49.7 Å². The molecule has 0 radical (unpaired) electrons. The molecule has 0 saturated heterocycles. The molecule has 0 saturated carbocycles. The number of aryl methyl sites for hydroxylation is 1. The van der Waals surface area contributed by atoms with Crippen LogP contribution in [-0.2, 0) is 22.5 Å². The van der Waals surface area contributed by atoms with Gasteiger partial charge in [-0.2, -0.15) is 0 Å². The molecule has 2 aromatic carbocycles. The van der Waals surface area contributed by atoms with Crippen molar-refractivity contribution in [3.05, 3.63) is 81.5 Å². The van der Waals surface area contributed by atoms with Crippen LogP contribution in [-0.4, -0.2) is 69.2 Å². The summed E-state index contributed by atoms with van der Waals surface area (Å²) in [6, 6.07) is 19.0. The highest BCUT2D eigenvalue weighted by atomic mass is 32.1. The van der Waals surface area contributed by atoms with Gasteiger partial charge in [-0.05, 0) is 61.7 Å². The zero-order valence-electron chi connectivity index (χ0n) is 22.1. The van der Waals surface area contributed by atoms with E-state index in [9.17, 15) is 9.59 Å². The number of carbonyl (C=O) groups is 2. The lowest BCUT2D eigenvalue weighted by atomic mass is 10.1. The second-order valence-corrected chi connectivity index (χ2v) is 10.1. The number of hydrogen-bond acceptors (Lipinski definition) is 6. The number of ether oxygens (including phenoxy) is 3. The second kappa shape index (κ2) is 14.4. The number of amides is 2. The fraction of sp³-hybridized carbons (Fsp3) is 0.379. The Balaban J connectivity index is 1.78. The van der Waals surface area contributed by atoms with Crippen molar-refractivity contribution in [2.45, 2.75) is 26.3 Å². The topological polar surface area (TPSA) is 68.3 Å². The van der Waals surface area contributed by atoms with Crippen LogP contribution >= 0.6 is 11.3 Å². The third kappa shape index (κ3) is 8.33. The maximum atomic E-state index is 13.6. The van der Waals surface area contributed by atoms with Crippen LogP contribution in [0.15, 0.2) is 60.7 Å². The van der Waals surface area contributed by atoms with Gasteiger partial charge in [-0.25, -0.2) is 0 Å². The SMILES string of the molecule is COCCCN(CC(=O)N(CCc1ccc(OC)c(OC)c1)Cc1ccc(C)s1)C(=O)c1ccccc1. The van der Waals surface area contributed by atoms with Gasteiger partial charge in [0.1, 0.15) is 6.54 Å². The highest BCUT2D eigenvalue weighted by Gasteiger charge is 2.23. The zero-order chi connectivity index (χ0) is 26.6. The van der Waals surface area contributed by atoms with Crippen LogP contribution in [0.3, 0.4) is 0 Å². The van der Waals surface area contributed by atoms with Crippen LogP contribution in [0, 0.1) is 6.92 Å². The molecule has 0 unspecified atom stereocenters. The highest BCUT2D eigenvalue weighted by Crippen LogP contribution is 2.28. The molecule has 0 aliphatic rings. The molecule has 1 heterocycles. The molecule has 0 aliphatic heterocycles. The van der Waals surface area contributed by atoms with Gasteiger partial charge in [-0.3, -0.25) is 9.59 Å². The quantitative estimate of drug-likeness (QED) is 0.283. The maximum Gasteiger partial charge on any atom is 0.254 e. The van der Waals surface area contributed by atoms with Crippen molar-refractivity contribution in [1.29, 1.82) is 0 Å². The first-order chi connectivity index (χ1) is 17.9. The summed E-state index contributed by atoms with van der Waals surface area (Å²) < 4.78 is 16.0. The first-order valence-electron chi connectivity index (χ1n) is 12.3. The highest BCUT2D eigenvalue weighted by molar-refractivity contribution is 7.11. The Hall–Kier alpha value is -3.36. The maximum absolute atomic E-state index is 13.6. The molecule has 1 aromatic heterocycles. The van der Waals surface area contributed by atoms with Gasteiger partial charge in [-0.1, -0.05) is 24.3 Å². The fourth-order valence-corrected chi connectivity index (χ4v) is 4.94. The molecule has 3 rings (SSSR count). The van der Waals surface area contributed by atoms with Crippen LogP contribution in [0.4, 0.5) is 0 Å². The Bertz CT molecular complexity index is 1150. The van der Waals surface area contributed by atoms with Gasteiger partial charge >= 0.3 is 0 Å². The summed E-state index contributed by atoms with van der Waals surface area (Å²) in [5, 5.41) is 0. The largest absolute Gasteiger partial charge is 0.493 e. The minimum Gasteiger partial charge on any atom is -0.493 e. The average Bonchev–Trinajstić information content (AvgIpc) is 3.34. The monoisotopic (exact) mass is 524 g/mol. The molecule has 7 nitrogen and oxygen atoms in total. The van der Waals surface area contributed by atoms with Crippen molar-refractivity contribution in [3.8, 4) is 11.5 Å². The van der Waals surface area contributed by atoms with Crippen LogP contribution < -0.4 is 9.47 Å². The van der Waals surface area contributed by atoms with E-state index < -0.39 is 0 Å². The van der Waals surface area contributed by atoms with Crippen molar-refractivity contribution in [2.75, 3.05) is 47.6 Å². The number of thiophene rings is 1. The van der Waals surface area contributed by atoms with E-state index >= 15 is 0 Å². The van der Waals surface area contributed by atoms with Crippen LogP contribution in [0.2, 0.25) is 0 Å². The standard InChI is InChI=1S/C29H36N2O5S/c1-22-11-13-25(37-22)20-30(17-15-23-12-14-26(35-3)27(19-23)36-4)28(32)21-31(16-8-18-34-2)29(33)24-9-6-5-7-10-24/h5-7,9-14,19H,8,15-18,20-21H2,1-4H3. The summed E-state index contributed by atoms with van der Waals surface area (Å²) in [5.74, 6) is 1.08. The smallest absolute Gasteiger partial charge is 0.254 e. The van der Waals surface area contributed by atoms with Crippen molar-refractivity contribution in [1.82, 2.24) is 9.80 Å². The molecule has 0 aliphatic carbocycles. The van der Waals surface area contributed by atoms with Gasteiger partial charge in [0.25, 0.3) is 5.91 Å². The summed E-state index contributed by atoms with van der Waals surface area (Å²) >= 11 is 1.68. The van der Waals surface area contributed by atoms with E-state index in [1.165, 1.54) is 4.88 Å². The summed E-state index contributed by atoms with van der Waals surface area (Å²) in [4.78, 5) is 32.7. The molecule has 0 bridgehead atoms. The predicted octanol–water partition coefficient (Wildman–Crippen LogP) is 4.82. The molecule has 0 spiro atoms. The van der Waals surface area contributed by atoms with E-state index in [4.69, 9.17) is 14.2 Å². The molecule has 0 fully saturated rings. The van der Waals surface area contributed by atoms with Crippen molar-refractivity contribution >= 4 is 23.2 Å². The molecule has 2 amide bonds. The third-order valence-electron chi connectivity index (χ3n) is 6.02. The minimum atomic E-state index is -0.156. The number of nitrogens with zero attached hydrogens (tertiary/aromatic N) is 2. The number of methoxy groups -OCH3 is 3. The Morgan fingerprint density at radius 2 is 1.62 bits per heavy atom. The molecule has 3 aromatic rings. The Kier molecular flexibility index (Phi) is 11.0. The number of rotatable bonds is 14. The molecule has 37 heavy (non-hydrogen) atoms. The van der Waals surface area contributed by atoms with Crippen molar-refractivity contribution in [3.63, 3.8) is 0 Å². The summed E-state index contributed by atoms with van der Waals surface area (Å²) in [6.07, 6.45) is 1.30. The number of carbonyl (C=O) groups excluding carboxylic acids is 2. The first-order valence-corrected chi connectivity index (χ1v) is 13.1. The Morgan fingerprint density at radius 1 is 0.865 bits per heavy atom. The normalized spacial score (nSPS) is 10.7. The van der Waals surface area contributed by atoms with E-state index in [-0.39, 0.29) is 18.4 Å². The fourth-order valence-electron chi connectivity index (χ4n) is 4.03. The van der Waals surface area contributed by atoms with Crippen molar-refractivity contribution in [2.24, 2.45) is 0 Å². The lowest BCUT2D eigenvalue weighted by Crippen LogP contribution is -2.43. The van der Waals surface area contributed by atoms with Crippen LogP contribution in [0.1, 0.15) is 32.1 Å². The lowest BCUT2D eigenvalue weighted by Gasteiger charge is -2.28. The summed E-state index contributed by atoms with van der Waals surface area (Å²) in [7, 11) is 4.85. The first kappa shape index (κ1) is 28.2. The van der Waals surface area contributed by atoms with E-state index in [1.807, 2.05) is 41.3 Å². The Labute approximate surface area is 223 Å². The van der Waals surface area contributed by atoms with E-state index in [0.29, 0.717) is 56.1 Å². The van der Waals surface area contributed by atoms with Gasteiger partial charge in [-0.15, -0.1) is 11.3 Å². The molecule has 8 heteroatoms. The van der Waals surface area contributed by atoms with Gasteiger partial charge < -0.3 is 24.0 Å². The predicted molar refractivity (Wildman–Crippen MR) is 147 cm³/mol. The lowest BCUT2D eigenvalue weighted by molar-refractivity contribution is -0.132. The molecular weight excluding hydrogens is 488 g/mol. The van der Waals surface area contributed by atoms with Gasteiger partial charge in [0, 0.05) is 42.1 Å². The van der Waals surface area contributed by atoms with E-state index in [2.05, 4.69) is 19.1 Å². The van der Waals surface area contributed by atoms with Gasteiger partial charge in [0.15, 0.2) is 11.5 Å². The molecular formula is C29H36N2O5S. The molecule has 198 valence electrons. The van der Waals surface area contributed by atoms with E-state index in [0.717, 1.165) is 10.4 Å². The minimum absolute atomic E-state index is 0.00767. The van der Waals surface area contributed by atoms with Gasteiger partial charge in [0.05, 0.1) is 20.8 Å². The average molecular weight is 525 g/mol. The van der Waals surface area contributed by atoms with Crippen molar-refractivity contribution < 1.29 is 23.8 Å².